The second kappa shape index (κ2) is 4.44. The van der Waals surface area contributed by atoms with Gasteiger partial charge < -0.3 is 9.84 Å². The van der Waals surface area contributed by atoms with Gasteiger partial charge in [0.1, 0.15) is 17.2 Å². The molecule has 1 aliphatic carbocycles. The highest BCUT2D eigenvalue weighted by Gasteiger charge is 2.48. The van der Waals surface area contributed by atoms with E-state index in [4.69, 9.17) is 4.74 Å². The fourth-order valence-corrected chi connectivity index (χ4v) is 2.36. The Labute approximate surface area is 99.6 Å². The van der Waals surface area contributed by atoms with Gasteiger partial charge in [0, 0.05) is 13.5 Å². The van der Waals surface area contributed by atoms with Crippen LogP contribution in [0, 0.1) is 6.92 Å². The van der Waals surface area contributed by atoms with Crippen molar-refractivity contribution in [3.63, 3.8) is 0 Å². The number of nitrogens with zero attached hydrogens (tertiary/aromatic N) is 3. The summed E-state index contributed by atoms with van der Waals surface area (Å²) < 4.78 is 6.78. The Kier molecular flexibility index (Phi) is 3.15. The molecule has 6 nitrogen and oxygen atoms in total. The first-order chi connectivity index (χ1) is 8.12. The van der Waals surface area contributed by atoms with Crippen LogP contribution in [-0.2, 0) is 21.5 Å². The van der Waals surface area contributed by atoms with Gasteiger partial charge in [0.2, 0.25) is 0 Å². The van der Waals surface area contributed by atoms with Crippen molar-refractivity contribution >= 4 is 5.97 Å². The number of methoxy groups -OCH3 is 1. The highest BCUT2D eigenvalue weighted by atomic mass is 16.5. The lowest BCUT2D eigenvalue weighted by atomic mass is 9.76. The van der Waals surface area contributed by atoms with Crippen molar-refractivity contribution in [2.24, 2.45) is 0 Å². The molecule has 0 saturated heterocycles. The number of rotatable bonds is 5. The first-order valence-corrected chi connectivity index (χ1v) is 5.75. The molecule has 0 aliphatic heterocycles. The molecule has 1 heterocycles. The third-order valence-corrected chi connectivity index (χ3v) is 3.43. The van der Waals surface area contributed by atoms with E-state index in [1.165, 1.54) is 0 Å². The van der Waals surface area contributed by atoms with Crippen molar-refractivity contribution in [3.05, 3.63) is 11.6 Å². The zero-order valence-corrected chi connectivity index (χ0v) is 10.1. The highest BCUT2D eigenvalue weighted by Crippen LogP contribution is 2.40. The van der Waals surface area contributed by atoms with Gasteiger partial charge in [0.25, 0.3) is 0 Å². The minimum absolute atomic E-state index is 0.522. The standard InChI is InChI=1S/C11H17N3O3/c1-8-12-13-9(4-7-17-2)14(8)11(10(15)16)5-3-6-11/h3-7H2,1-2H3,(H,15,16). The van der Waals surface area contributed by atoms with Gasteiger partial charge in [-0.2, -0.15) is 0 Å². The van der Waals surface area contributed by atoms with Gasteiger partial charge in [-0.25, -0.2) is 4.79 Å². The Hall–Kier alpha value is -1.43. The topological polar surface area (TPSA) is 77.2 Å². The van der Waals surface area contributed by atoms with E-state index < -0.39 is 11.5 Å². The molecule has 0 amide bonds. The maximum Gasteiger partial charge on any atom is 0.329 e. The number of carboxylic acid groups (broad SMARTS) is 1. The van der Waals surface area contributed by atoms with Crippen LogP contribution in [0.2, 0.25) is 0 Å². The van der Waals surface area contributed by atoms with E-state index in [0.717, 1.165) is 6.42 Å². The molecule has 1 aliphatic rings. The summed E-state index contributed by atoms with van der Waals surface area (Å²) in [6.45, 7) is 2.32. The summed E-state index contributed by atoms with van der Waals surface area (Å²) in [4.78, 5) is 11.5. The van der Waals surface area contributed by atoms with Crippen molar-refractivity contribution in [1.29, 1.82) is 0 Å². The van der Waals surface area contributed by atoms with E-state index in [2.05, 4.69) is 10.2 Å². The van der Waals surface area contributed by atoms with Crippen LogP contribution in [0.3, 0.4) is 0 Å². The van der Waals surface area contributed by atoms with Crippen molar-refractivity contribution < 1.29 is 14.6 Å². The summed E-state index contributed by atoms with van der Waals surface area (Å²) in [5, 5.41) is 17.5. The highest BCUT2D eigenvalue weighted by molar-refractivity contribution is 5.78. The molecule has 0 unspecified atom stereocenters. The molecule has 1 saturated carbocycles. The smallest absolute Gasteiger partial charge is 0.329 e. The first-order valence-electron chi connectivity index (χ1n) is 5.75. The van der Waals surface area contributed by atoms with E-state index in [0.29, 0.717) is 37.5 Å². The van der Waals surface area contributed by atoms with Gasteiger partial charge in [-0.1, -0.05) is 0 Å². The minimum atomic E-state index is -0.823. The van der Waals surface area contributed by atoms with Gasteiger partial charge in [-0.15, -0.1) is 10.2 Å². The largest absolute Gasteiger partial charge is 0.479 e. The van der Waals surface area contributed by atoms with Crippen LogP contribution in [0.1, 0.15) is 30.9 Å². The van der Waals surface area contributed by atoms with E-state index in [1.54, 1.807) is 18.6 Å². The Balaban J connectivity index is 2.36. The molecule has 0 atom stereocenters. The van der Waals surface area contributed by atoms with E-state index >= 15 is 0 Å². The number of aryl methyl sites for hydroxylation is 1. The fourth-order valence-electron chi connectivity index (χ4n) is 2.36. The number of ether oxygens (including phenoxy) is 1. The van der Waals surface area contributed by atoms with Gasteiger partial charge in [-0.3, -0.25) is 4.57 Å². The molecule has 0 radical (unpaired) electrons. The van der Waals surface area contributed by atoms with Crippen molar-refractivity contribution in [2.75, 3.05) is 13.7 Å². The van der Waals surface area contributed by atoms with Gasteiger partial charge in [0.05, 0.1) is 6.61 Å². The molecule has 0 spiro atoms. The van der Waals surface area contributed by atoms with Gasteiger partial charge >= 0.3 is 5.97 Å². The molecule has 2 rings (SSSR count). The summed E-state index contributed by atoms with van der Waals surface area (Å²) in [7, 11) is 1.61. The SMILES string of the molecule is COCCc1nnc(C)n1C1(C(=O)O)CCC1. The zero-order chi connectivity index (χ0) is 12.5. The van der Waals surface area contributed by atoms with Gasteiger partial charge in [0.15, 0.2) is 0 Å². The summed E-state index contributed by atoms with van der Waals surface area (Å²) in [5.74, 6) is 0.579. The lowest BCUT2D eigenvalue weighted by molar-refractivity contribution is -0.152. The number of aromatic nitrogens is 3. The lowest BCUT2D eigenvalue weighted by Gasteiger charge is -2.40. The fraction of sp³-hybridized carbons (Fsp3) is 0.727. The van der Waals surface area contributed by atoms with Crippen LogP contribution in [0.15, 0.2) is 0 Å². The summed E-state index contributed by atoms with van der Waals surface area (Å²) >= 11 is 0. The van der Waals surface area contributed by atoms with Crippen LogP contribution in [0.5, 0.6) is 0 Å². The van der Waals surface area contributed by atoms with E-state index in [9.17, 15) is 9.90 Å². The van der Waals surface area contributed by atoms with Gasteiger partial charge in [-0.05, 0) is 26.2 Å². The monoisotopic (exact) mass is 239 g/mol. The zero-order valence-electron chi connectivity index (χ0n) is 10.1. The summed E-state index contributed by atoms with van der Waals surface area (Å²) in [5.41, 5.74) is -0.823. The Morgan fingerprint density at radius 1 is 1.53 bits per heavy atom. The number of hydrogen-bond donors (Lipinski definition) is 1. The maximum absolute atomic E-state index is 11.5. The predicted octanol–water partition coefficient (Wildman–Crippen LogP) is 0.739. The van der Waals surface area contributed by atoms with Crippen LogP contribution in [0.25, 0.3) is 0 Å². The second-order valence-corrected chi connectivity index (χ2v) is 4.43. The van der Waals surface area contributed by atoms with Crippen LogP contribution in [-0.4, -0.2) is 39.6 Å². The quantitative estimate of drug-likeness (QED) is 0.820. The molecule has 1 aromatic rings. The van der Waals surface area contributed by atoms with Crippen LogP contribution >= 0.6 is 0 Å². The van der Waals surface area contributed by atoms with Crippen molar-refractivity contribution in [1.82, 2.24) is 14.8 Å². The molecule has 94 valence electrons. The molecule has 1 N–H and O–H groups in total. The molecule has 17 heavy (non-hydrogen) atoms. The first kappa shape index (κ1) is 12.0. The number of hydrogen-bond acceptors (Lipinski definition) is 4. The molecular formula is C11H17N3O3. The number of aliphatic carboxylic acids is 1. The molecule has 0 aromatic carbocycles. The third-order valence-electron chi connectivity index (χ3n) is 3.43. The molecule has 1 fully saturated rings. The summed E-state index contributed by atoms with van der Waals surface area (Å²) in [6, 6.07) is 0. The normalized spacial score (nSPS) is 17.8. The Morgan fingerprint density at radius 2 is 2.24 bits per heavy atom. The van der Waals surface area contributed by atoms with Crippen molar-refractivity contribution in [3.8, 4) is 0 Å². The van der Waals surface area contributed by atoms with Crippen molar-refractivity contribution in [2.45, 2.75) is 38.1 Å². The van der Waals surface area contributed by atoms with E-state index in [1.807, 2.05) is 0 Å². The molecule has 0 bridgehead atoms. The second-order valence-electron chi connectivity index (χ2n) is 4.43. The molecule has 6 heteroatoms. The minimum Gasteiger partial charge on any atom is -0.479 e. The average Bonchev–Trinajstić information content (AvgIpc) is 2.57. The van der Waals surface area contributed by atoms with Crippen LogP contribution < -0.4 is 0 Å². The summed E-state index contributed by atoms with van der Waals surface area (Å²) in [6.07, 6.45) is 2.84. The van der Waals surface area contributed by atoms with E-state index in [-0.39, 0.29) is 0 Å². The Morgan fingerprint density at radius 3 is 2.71 bits per heavy atom. The number of carboxylic acids is 1. The lowest BCUT2D eigenvalue weighted by Crippen LogP contribution is -2.49. The predicted molar refractivity (Wildman–Crippen MR) is 59.8 cm³/mol. The maximum atomic E-state index is 11.5. The Bertz CT molecular complexity index is 424. The molecule has 1 aromatic heterocycles. The number of carbonyl (C=O) groups is 1. The average molecular weight is 239 g/mol. The molecular weight excluding hydrogens is 222 g/mol. The third kappa shape index (κ3) is 1.82. The van der Waals surface area contributed by atoms with Crippen LogP contribution in [0.4, 0.5) is 0 Å².